The van der Waals surface area contributed by atoms with Gasteiger partial charge in [0.2, 0.25) is 0 Å². The van der Waals surface area contributed by atoms with Gasteiger partial charge < -0.3 is 4.42 Å². The Kier molecular flexibility index (Phi) is 4.07. The molecule has 16 heavy (non-hydrogen) atoms. The smallest absolute Gasteiger partial charge is 0.128 e. The Balaban J connectivity index is 1.90. The maximum Gasteiger partial charge on any atom is 0.128 e. The van der Waals surface area contributed by atoms with E-state index in [0.29, 0.717) is 5.75 Å². The van der Waals surface area contributed by atoms with E-state index in [2.05, 4.69) is 15.9 Å². The van der Waals surface area contributed by atoms with Crippen LogP contribution in [0.4, 0.5) is 4.39 Å². The van der Waals surface area contributed by atoms with Crippen molar-refractivity contribution in [1.29, 1.82) is 0 Å². The highest BCUT2D eigenvalue weighted by atomic mass is 79.9. The quantitative estimate of drug-likeness (QED) is 0.817. The average molecular weight is 301 g/mol. The highest BCUT2D eigenvalue weighted by Crippen LogP contribution is 2.22. The molecule has 1 nitrogen and oxygen atoms in total. The van der Waals surface area contributed by atoms with E-state index < -0.39 is 0 Å². The zero-order valence-corrected chi connectivity index (χ0v) is 10.9. The van der Waals surface area contributed by atoms with Crippen LogP contribution in [0, 0.1) is 5.82 Å². The first-order valence-electron chi connectivity index (χ1n) is 4.80. The van der Waals surface area contributed by atoms with Gasteiger partial charge in [0, 0.05) is 10.2 Å². The summed E-state index contributed by atoms with van der Waals surface area (Å²) in [6.07, 6.45) is 1.65. The molecule has 0 radical (unpaired) electrons. The van der Waals surface area contributed by atoms with E-state index in [9.17, 15) is 4.39 Å². The van der Waals surface area contributed by atoms with Crippen LogP contribution < -0.4 is 0 Å². The van der Waals surface area contributed by atoms with Crippen molar-refractivity contribution in [3.63, 3.8) is 0 Å². The first-order chi connectivity index (χ1) is 7.75. The Morgan fingerprint density at radius 2 is 2.12 bits per heavy atom. The van der Waals surface area contributed by atoms with Crippen LogP contribution in [-0.2, 0) is 11.5 Å². The third-order valence-corrected chi connectivity index (χ3v) is 3.59. The van der Waals surface area contributed by atoms with Gasteiger partial charge in [0.25, 0.3) is 0 Å². The third kappa shape index (κ3) is 3.12. The second kappa shape index (κ2) is 5.55. The SMILES string of the molecule is Fc1cc(Br)ccc1CSCc1ccco1. The predicted octanol–water partition coefficient (Wildman–Crippen LogP) is 4.61. The molecule has 0 saturated heterocycles. The number of halogens is 2. The molecule has 0 bridgehead atoms. The van der Waals surface area contributed by atoms with E-state index in [1.807, 2.05) is 18.2 Å². The number of hydrogen-bond donors (Lipinski definition) is 0. The number of benzene rings is 1. The average Bonchev–Trinajstić information content (AvgIpc) is 2.74. The summed E-state index contributed by atoms with van der Waals surface area (Å²) in [5.41, 5.74) is 0.722. The van der Waals surface area contributed by atoms with Crippen LogP contribution in [0.5, 0.6) is 0 Å². The lowest BCUT2D eigenvalue weighted by molar-refractivity contribution is 0.530. The molecular formula is C12H10BrFOS. The minimum Gasteiger partial charge on any atom is -0.468 e. The molecule has 2 rings (SSSR count). The predicted molar refractivity (Wildman–Crippen MR) is 67.8 cm³/mol. The topological polar surface area (TPSA) is 13.1 Å². The zero-order chi connectivity index (χ0) is 11.4. The molecule has 0 unspecified atom stereocenters. The fraction of sp³-hybridized carbons (Fsp3) is 0.167. The van der Waals surface area contributed by atoms with Gasteiger partial charge in [-0.2, -0.15) is 0 Å². The second-order valence-electron chi connectivity index (χ2n) is 3.31. The van der Waals surface area contributed by atoms with Gasteiger partial charge in [-0.05, 0) is 29.8 Å². The Hall–Kier alpha value is -0.740. The summed E-state index contributed by atoms with van der Waals surface area (Å²) in [6, 6.07) is 8.92. The molecule has 0 aliphatic rings. The molecule has 0 fully saturated rings. The van der Waals surface area contributed by atoms with E-state index in [0.717, 1.165) is 21.5 Å². The van der Waals surface area contributed by atoms with Crippen molar-refractivity contribution in [3.05, 3.63) is 58.2 Å². The normalized spacial score (nSPS) is 10.6. The van der Waals surface area contributed by atoms with Gasteiger partial charge in [-0.15, -0.1) is 11.8 Å². The summed E-state index contributed by atoms with van der Waals surface area (Å²) in [5, 5.41) is 0. The second-order valence-corrected chi connectivity index (χ2v) is 5.21. The van der Waals surface area contributed by atoms with E-state index in [1.165, 1.54) is 6.07 Å². The number of hydrogen-bond acceptors (Lipinski definition) is 2. The van der Waals surface area contributed by atoms with Crippen LogP contribution in [0.2, 0.25) is 0 Å². The lowest BCUT2D eigenvalue weighted by Crippen LogP contribution is -1.87. The maximum absolute atomic E-state index is 13.4. The summed E-state index contributed by atoms with van der Waals surface area (Å²) < 4.78 is 19.4. The van der Waals surface area contributed by atoms with Crippen molar-refractivity contribution in [2.75, 3.05) is 0 Å². The van der Waals surface area contributed by atoms with Crippen molar-refractivity contribution in [1.82, 2.24) is 0 Å². The van der Waals surface area contributed by atoms with Crippen LogP contribution in [0.1, 0.15) is 11.3 Å². The molecule has 0 aliphatic heterocycles. The van der Waals surface area contributed by atoms with Gasteiger partial charge in [0.15, 0.2) is 0 Å². The summed E-state index contributed by atoms with van der Waals surface area (Å²) in [7, 11) is 0. The van der Waals surface area contributed by atoms with Gasteiger partial charge in [-0.25, -0.2) is 4.39 Å². The Bertz CT molecular complexity index is 456. The molecular weight excluding hydrogens is 291 g/mol. The summed E-state index contributed by atoms with van der Waals surface area (Å²) in [6.45, 7) is 0. The van der Waals surface area contributed by atoms with Gasteiger partial charge in [-0.1, -0.05) is 22.0 Å². The lowest BCUT2D eigenvalue weighted by atomic mass is 10.2. The summed E-state index contributed by atoms with van der Waals surface area (Å²) in [5.74, 6) is 2.17. The van der Waals surface area contributed by atoms with Crippen molar-refractivity contribution in [2.24, 2.45) is 0 Å². The van der Waals surface area contributed by atoms with E-state index in [4.69, 9.17) is 4.42 Å². The zero-order valence-electron chi connectivity index (χ0n) is 8.45. The number of rotatable bonds is 4. The monoisotopic (exact) mass is 300 g/mol. The largest absolute Gasteiger partial charge is 0.468 e. The molecule has 0 amide bonds. The van der Waals surface area contributed by atoms with Crippen LogP contribution >= 0.6 is 27.7 Å². The van der Waals surface area contributed by atoms with E-state index >= 15 is 0 Å². The van der Waals surface area contributed by atoms with Crippen molar-refractivity contribution < 1.29 is 8.81 Å². The van der Waals surface area contributed by atoms with Gasteiger partial charge in [0.05, 0.1) is 12.0 Å². The fourth-order valence-electron chi connectivity index (χ4n) is 1.30. The highest BCUT2D eigenvalue weighted by Gasteiger charge is 2.03. The Morgan fingerprint density at radius 1 is 1.25 bits per heavy atom. The fourth-order valence-corrected chi connectivity index (χ4v) is 2.55. The molecule has 84 valence electrons. The minimum absolute atomic E-state index is 0.165. The molecule has 1 aromatic heterocycles. The van der Waals surface area contributed by atoms with Crippen LogP contribution in [0.15, 0.2) is 45.5 Å². The van der Waals surface area contributed by atoms with E-state index in [1.54, 1.807) is 24.1 Å². The summed E-state index contributed by atoms with van der Waals surface area (Å²) in [4.78, 5) is 0. The Labute approximate surface area is 106 Å². The minimum atomic E-state index is -0.165. The molecule has 4 heteroatoms. The Morgan fingerprint density at radius 3 is 2.81 bits per heavy atom. The highest BCUT2D eigenvalue weighted by molar-refractivity contribution is 9.10. The van der Waals surface area contributed by atoms with Gasteiger partial charge in [0.1, 0.15) is 11.6 Å². The lowest BCUT2D eigenvalue weighted by Gasteiger charge is -2.02. The van der Waals surface area contributed by atoms with Crippen LogP contribution in [-0.4, -0.2) is 0 Å². The first kappa shape index (κ1) is 11.7. The van der Waals surface area contributed by atoms with Crippen molar-refractivity contribution in [2.45, 2.75) is 11.5 Å². The van der Waals surface area contributed by atoms with Gasteiger partial charge in [-0.3, -0.25) is 0 Å². The standard InChI is InChI=1S/C12H10BrFOS/c13-10-4-3-9(12(14)6-10)7-16-8-11-2-1-5-15-11/h1-6H,7-8H2. The maximum atomic E-state index is 13.4. The number of thioether (sulfide) groups is 1. The third-order valence-electron chi connectivity index (χ3n) is 2.10. The molecule has 0 N–H and O–H groups in total. The van der Waals surface area contributed by atoms with E-state index in [-0.39, 0.29) is 5.82 Å². The molecule has 2 aromatic rings. The molecule has 0 spiro atoms. The molecule has 1 aromatic carbocycles. The van der Waals surface area contributed by atoms with Crippen molar-refractivity contribution >= 4 is 27.7 Å². The molecule has 0 saturated carbocycles. The van der Waals surface area contributed by atoms with Crippen molar-refractivity contribution in [3.8, 4) is 0 Å². The molecule has 1 heterocycles. The first-order valence-corrected chi connectivity index (χ1v) is 6.74. The van der Waals surface area contributed by atoms with Gasteiger partial charge >= 0.3 is 0 Å². The molecule has 0 atom stereocenters. The van der Waals surface area contributed by atoms with Crippen LogP contribution in [0.3, 0.4) is 0 Å². The summed E-state index contributed by atoms with van der Waals surface area (Å²) >= 11 is 4.87. The number of furan rings is 1. The van der Waals surface area contributed by atoms with Crippen LogP contribution in [0.25, 0.3) is 0 Å². The molecule has 0 aliphatic carbocycles.